The Kier molecular flexibility index (Phi) is 5.19. The maximum absolute atomic E-state index is 11.6. The number of carbonyl (C=O) groups is 1. The normalized spacial score (nSPS) is 20.1. The highest BCUT2D eigenvalue weighted by molar-refractivity contribution is 8.77. The van der Waals surface area contributed by atoms with E-state index >= 15 is 0 Å². The van der Waals surface area contributed by atoms with E-state index in [1.54, 1.807) is 6.20 Å². The smallest absolute Gasteiger partial charge is 0.191 e. The number of thiazole rings is 1. The first kappa shape index (κ1) is 12.5. The van der Waals surface area contributed by atoms with E-state index in [2.05, 4.69) is 4.98 Å². The topological polar surface area (TPSA) is 30.0 Å². The zero-order chi connectivity index (χ0) is 11.2. The van der Waals surface area contributed by atoms with E-state index in [-0.39, 0.29) is 5.78 Å². The first-order chi connectivity index (χ1) is 7.86. The van der Waals surface area contributed by atoms with Gasteiger partial charge in [0.25, 0.3) is 0 Å². The van der Waals surface area contributed by atoms with Gasteiger partial charge in [0.05, 0.1) is 0 Å². The molecule has 2 rings (SSSR count). The van der Waals surface area contributed by atoms with Crippen LogP contribution in [0, 0.1) is 0 Å². The van der Waals surface area contributed by atoms with Crippen LogP contribution in [-0.2, 0) is 0 Å². The van der Waals surface area contributed by atoms with Crippen molar-refractivity contribution in [1.29, 1.82) is 0 Å². The Labute approximate surface area is 108 Å². The molecule has 1 aliphatic rings. The molecule has 16 heavy (non-hydrogen) atoms. The van der Waals surface area contributed by atoms with Crippen LogP contribution in [0.5, 0.6) is 0 Å². The number of unbranched alkanes of at least 4 members (excludes halogenated alkanes) is 1. The van der Waals surface area contributed by atoms with Crippen LogP contribution in [0.2, 0.25) is 0 Å². The Morgan fingerprint density at radius 3 is 3.12 bits per heavy atom. The summed E-state index contributed by atoms with van der Waals surface area (Å²) < 4.78 is 0. The van der Waals surface area contributed by atoms with Gasteiger partial charge in [0.15, 0.2) is 10.8 Å². The monoisotopic (exact) mass is 273 g/mol. The van der Waals surface area contributed by atoms with Gasteiger partial charge in [0.1, 0.15) is 0 Å². The average Bonchev–Trinajstić information content (AvgIpc) is 2.96. The fraction of sp³-hybridized carbons (Fsp3) is 0.636. The molecule has 1 aromatic rings. The van der Waals surface area contributed by atoms with Gasteiger partial charge in [-0.15, -0.1) is 11.3 Å². The SMILES string of the molecule is O=C(CCCCC1CCSS1)c1nccs1. The van der Waals surface area contributed by atoms with E-state index in [0.717, 1.165) is 11.7 Å². The van der Waals surface area contributed by atoms with E-state index in [1.807, 2.05) is 27.0 Å². The molecule has 0 spiro atoms. The average molecular weight is 273 g/mol. The van der Waals surface area contributed by atoms with Gasteiger partial charge in [-0.05, 0) is 19.3 Å². The van der Waals surface area contributed by atoms with Crippen molar-refractivity contribution in [3.63, 3.8) is 0 Å². The molecule has 1 atom stereocenters. The Balaban J connectivity index is 1.59. The van der Waals surface area contributed by atoms with Crippen molar-refractivity contribution in [2.75, 3.05) is 5.75 Å². The van der Waals surface area contributed by atoms with E-state index in [0.29, 0.717) is 11.4 Å². The van der Waals surface area contributed by atoms with E-state index in [9.17, 15) is 4.79 Å². The second-order valence-corrected chi connectivity index (χ2v) is 7.52. The highest BCUT2D eigenvalue weighted by Crippen LogP contribution is 2.39. The molecule has 2 nitrogen and oxygen atoms in total. The van der Waals surface area contributed by atoms with Gasteiger partial charge in [-0.1, -0.05) is 28.0 Å². The summed E-state index contributed by atoms with van der Waals surface area (Å²) in [6.07, 6.45) is 7.16. The predicted molar refractivity (Wildman–Crippen MR) is 73.4 cm³/mol. The van der Waals surface area contributed by atoms with Gasteiger partial charge < -0.3 is 0 Å². The van der Waals surface area contributed by atoms with Crippen LogP contribution in [0.25, 0.3) is 0 Å². The quantitative estimate of drug-likeness (QED) is 0.444. The zero-order valence-electron chi connectivity index (χ0n) is 9.05. The Morgan fingerprint density at radius 2 is 2.44 bits per heavy atom. The van der Waals surface area contributed by atoms with Crippen LogP contribution >= 0.6 is 32.9 Å². The summed E-state index contributed by atoms with van der Waals surface area (Å²) in [5.41, 5.74) is 0. The molecule has 0 radical (unpaired) electrons. The molecular formula is C11H15NOS3. The highest BCUT2D eigenvalue weighted by Gasteiger charge is 2.16. The predicted octanol–water partition coefficient (Wildman–Crippen LogP) is 4.04. The van der Waals surface area contributed by atoms with Gasteiger partial charge in [0.2, 0.25) is 0 Å². The summed E-state index contributed by atoms with van der Waals surface area (Å²) in [5, 5.41) is 3.37. The molecule has 0 amide bonds. The molecule has 0 saturated carbocycles. The fourth-order valence-corrected chi connectivity index (χ4v) is 5.32. The van der Waals surface area contributed by atoms with Crippen molar-refractivity contribution >= 4 is 38.7 Å². The van der Waals surface area contributed by atoms with Crippen LogP contribution in [0.4, 0.5) is 0 Å². The van der Waals surface area contributed by atoms with Crippen LogP contribution in [0.1, 0.15) is 41.9 Å². The minimum absolute atomic E-state index is 0.212. The number of Topliss-reactive ketones (excluding diaryl/α,β-unsaturated/α-hetero) is 1. The number of carbonyl (C=O) groups excluding carboxylic acids is 1. The minimum Gasteiger partial charge on any atom is -0.292 e. The second kappa shape index (κ2) is 6.67. The van der Waals surface area contributed by atoms with Crippen LogP contribution in [-0.4, -0.2) is 21.8 Å². The standard InChI is InChI=1S/C11H15NOS3/c13-10(11-12-6-8-14-11)4-2-1-3-9-5-7-15-16-9/h6,8-9H,1-5,7H2. The summed E-state index contributed by atoms with van der Waals surface area (Å²) in [5.74, 6) is 1.51. The summed E-state index contributed by atoms with van der Waals surface area (Å²) >= 11 is 1.45. The first-order valence-corrected chi connectivity index (χ1v) is 8.83. The van der Waals surface area contributed by atoms with Gasteiger partial charge in [-0.25, -0.2) is 4.98 Å². The third kappa shape index (κ3) is 3.79. The largest absolute Gasteiger partial charge is 0.292 e. The zero-order valence-corrected chi connectivity index (χ0v) is 11.5. The fourth-order valence-electron chi connectivity index (χ4n) is 1.69. The number of aromatic nitrogens is 1. The number of ketones is 1. The van der Waals surface area contributed by atoms with Gasteiger partial charge in [-0.2, -0.15) is 0 Å². The van der Waals surface area contributed by atoms with Gasteiger partial charge in [-0.3, -0.25) is 4.79 Å². The summed E-state index contributed by atoms with van der Waals surface area (Å²) in [6.45, 7) is 0. The molecule has 1 aromatic heterocycles. The van der Waals surface area contributed by atoms with Crippen molar-refractivity contribution in [3.8, 4) is 0 Å². The summed E-state index contributed by atoms with van der Waals surface area (Å²) in [7, 11) is 4.01. The summed E-state index contributed by atoms with van der Waals surface area (Å²) in [6, 6.07) is 0. The molecular weight excluding hydrogens is 258 g/mol. The Morgan fingerprint density at radius 1 is 1.50 bits per heavy atom. The van der Waals surface area contributed by atoms with Crippen LogP contribution in [0.3, 0.4) is 0 Å². The summed E-state index contributed by atoms with van der Waals surface area (Å²) in [4.78, 5) is 15.7. The Hall–Kier alpha value is -0.0000000000000000833. The number of nitrogens with zero attached hydrogens (tertiary/aromatic N) is 1. The van der Waals surface area contributed by atoms with E-state index in [1.165, 1.54) is 36.4 Å². The second-order valence-electron chi connectivity index (χ2n) is 3.84. The highest BCUT2D eigenvalue weighted by atomic mass is 33.1. The maximum atomic E-state index is 11.6. The van der Waals surface area contributed by atoms with Crippen molar-refractivity contribution in [2.24, 2.45) is 0 Å². The van der Waals surface area contributed by atoms with Crippen molar-refractivity contribution < 1.29 is 4.79 Å². The molecule has 2 heterocycles. The van der Waals surface area contributed by atoms with Crippen LogP contribution in [0.15, 0.2) is 11.6 Å². The lowest BCUT2D eigenvalue weighted by Crippen LogP contribution is -2.00. The number of hydrogen-bond donors (Lipinski definition) is 0. The van der Waals surface area contributed by atoms with Crippen molar-refractivity contribution in [3.05, 3.63) is 16.6 Å². The van der Waals surface area contributed by atoms with Crippen molar-refractivity contribution in [1.82, 2.24) is 4.98 Å². The number of rotatable bonds is 6. The Bertz CT molecular complexity index is 320. The third-order valence-electron chi connectivity index (χ3n) is 2.58. The van der Waals surface area contributed by atoms with Crippen LogP contribution < -0.4 is 0 Å². The molecule has 1 aliphatic heterocycles. The molecule has 1 fully saturated rings. The molecule has 5 heteroatoms. The first-order valence-electron chi connectivity index (χ1n) is 5.57. The third-order valence-corrected chi connectivity index (χ3v) is 6.40. The minimum atomic E-state index is 0.212. The molecule has 88 valence electrons. The number of hydrogen-bond acceptors (Lipinski definition) is 5. The molecule has 0 bridgehead atoms. The molecule has 0 aliphatic carbocycles. The van der Waals surface area contributed by atoms with E-state index in [4.69, 9.17) is 0 Å². The lowest BCUT2D eigenvalue weighted by Gasteiger charge is -2.05. The van der Waals surface area contributed by atoms with E-state index < -0.39 is 0 Å². The molecule has 1 unspecified atom stereocenters. The molecule has 0 aromatic carbocycles. The van der Waals surface area contributed by atoms with Gasteiger partial charge in [0, 0.05) is 29.0 Å². The lowest BCUT2D eigenvalue weighted by molar-refractivity contribution is 0.0979. The molecule has 1 saturated heterocycles. The lowest BCUT2D eigenvalue weighted by atomic mass is 10.1. The van der Waals surface area contributed by atoms with Crippen molar-refractivity contribution in [2.45, 2.75) is 37.4 Å². The van der Waals surface area contributed by atoms with Gasteiger partial charge >= 0.3 is 0 Å². The maximum Gasteiger partial charge on any atom is 0.191 e. The molecule has 0 N–H and O–H groups in total.